The van der Waals surface area contributed by atoms with Crippen LogP contribution in [0.15, 0.2) is 39.9 Å². The zero-order valence-electron chi connectivity index (χ0n) is 11.3. The maximum Gasteiger partial charge on any atom is 0.253 e. The van der Waals surface area contributed by atoms with E-state index in [0.717, 1.165) is 4.47 Å². The highest BCUT2D eigenvalue weighted by Crippen LogP contribution is 2.20. The first kappa shape index (κ1) is 15.7. The van der Waals surface area contributed by atoms with Gasteiger partial charge in [0.05, 0.1) is 16.9 Å². The lowest BCUT2D eigenvalue weighted by Gasteiger charge is -2.08. The smallest absolute Gasteiger partial charge is 0.253 e. The molecule has 0 aliphatic heterocycles. The molecule has 1 amide bonds. The summed E-state index contributed by atoms with van der Waals surface area (Å²) in [6, 6.07) is 6.51. The van der Waals surface area contributed by atoms with E-state index in [1.54, 1.807) is 25.1 Å². The number of nitrogens with one attached hydrogen (secondary N) is 1. The van der Waals surface area contributed by atoms with Gasteiger partial charge >= 0.3 is 0 Å². The van der Waals surface area contributed by atoms with Crippen LogP contribution in [-0.2, 0) is 6.54 Å². The second kappa shape index (κ2) is 6.87. The van der Waals surface area contributed by atoms with Crippen LogP contribution < -0.4 is 10.9 Å². The summed E-state index contributed by atoms with van der Waals surface area (Å²) in [4.78, 5) is 27.7. The van der Waals surface area contributed by atoms with Gasteiger partial charge in [0.1, 0.15) is 0 Å². The van der Waals surface area contributed by atoms with Gasteiger partial charge in [0, 0.05) is 29.3 Å². The van der Waals surface area contributed by atoms with Crippen LogP contribution in [0.4, 0.5) is 0 Å². The number of amides is 1. The van der Waals surface area contributed by atoms with E-state index in [2.05, 4.69) is 26.2 Å². The third kappa shape index (κ3) is 4.15. The zero-order valence-corrected chi connectivity index (χ0v) is 13.6. The molecule has 0 bridgehead atoms. The van der Waals surface area contributed by atoms with Crippen molar-refractivity contribution in [3.05, 3.63) is 61.7 Å². The van der Waals surface area contributed by atoms with E-state index >= 15 is 0 Å². The molecule has 0 spiro atoms. The van der Waals surface area contributed by atoms with Crippen molar-refractivity contribution in [2.45, 2.75) is 13.5 Å². The van der Waals surface area contributed by atoms with Gasteiger partial charge in [0.15, 0.2) is 0 Å². The number of carbonyl (C=O) groups excluding carboxylic acids is 1. The highest BCUT2D eigenvalue weighted by atomic mass is 79.9. The molecular formula is C14H13BrClN3O2. The second-order valence-corrected chi connectivity index (χ2v) is 5.76. The van der Waals surface area contributed by atoms with Crippen LogP contribution in [0.5, 0.6) is 0 Å². The lowest BCUT2D eigenvalue weighted by atomic mass is 10.2. The molecule has 21 heavy (non-hydrogen) atoms. The molecule has 0 unspecified atom stereocenters. The molecule has 1 aromatic heterocycles. The summed E-state index contributed by atoms with van der Waals surface area (Å²) >= 11 is 9.28. The minimum absolute atomic E-state index is 0.141. The molecule has 1 N–H and O–H groups in total. The molecule has 0 aliphatic carbocycles. The van der Waals surface area contributed by atoms with Crippen molar-refractivity contribution in [3.8, 4) is 0 Å². The molecule has 1 aromatic carbocycles. The van der Waals surface area contributed by atoms with Crippen molar-refractivity contribution >= 4 is 33.4 Å². The van der Waals surface area contributed by atoms with Gasteiger partial charge in [0.25, 0.3) is 11.5 Å². The number of benzene rings is 1. The quantitative estimate of drug-likeness (QED) is 0.899. The summed E-state index contributed by atoms with van der Waals surface area (Å²) in [5.41, 5.74) is 0.916. The maximum atomic E-state index is 12.0. The number of carbonyl (C=O) groups is 1. The number of aromatic nitrogens is 2. The summed E-state index contributed by atoms with van der Waals surface area (Å²) in [5, 5.41) is 3.11. The Balaban J connectivity index is 1.98. The SMILES string of the molecule is Cc1cc(=O)n(CCNC(=O)c2cc(Br)ccc2Cl)cn1. The Morgan fingerprint density at radius 2 is 2.19 bits per heavy atom. The fraction of sp³-hybridized carbons (Fsp3) is 0.214. The van der Waals surface area contributed by atoms with Gasteiger partial charge < -0.3 is 5.32 Å². The van der Waals surface area contributed by atoms with Crippen LogP contribution in [0, 0.1) is 6.92 Å². The van der Waals surface area contributed by atoms with Gasteiger partial charge in [-0.15, -0.1) is 0 Å². The van der Waals surface area contributed by atoms with E-state index < -0.39 is 0 Å². The standard InChI is InChI=1S/C14H13BrClN3O2/c1-9-6-13(20)19(8-18-9)5-4-17-14(21)11-7-10(15)2-3-12(11)16/h2-3,6-8H,4-5H2,1H3,(H,17,21). The molecule has 5 nitrogen and oxygen atoms in total. The number of aryl methyl sites for hydroxylation is 1. The molecule has 0 aliphatic rings. The monoisotopic (exact) mass is 369 g/mol. The van der Waals surface area contributed by atoms with Crippen molar-refractivity contribution < 1.29 is 4.79 Å². The van der Waals surface area contributed by atoms with Gasteiger partial charge in [-0.3, -0.25) is 14.2 Å². The van der Waals surface area contributed by atoms with Crippen molar-refractivity contribution in [2.75, 3.05) is 6.54 Å². The third-order valence-electron chi connectivity index (χ3n) is 2.83. The average Bonchev–Trinajstić information content (AvgIpc) is 2.43. The zero-order chi connectivity index (χ0) is 15.4. The molecule has 2 rings (SSSR count). The summed E-state index contributed by atoms with van der Waals surface area (Å²) in [7, 11) is 0. The first-order chi connectivity index (χ1) is 9.97. The number of hydrogen-bond donors (Lipinski definition) is 1. The molecule has 0 fully saturated rings. The van der Waals surface area contributed by atoms with Crippen molar-refractivity contribution in [1.82, 2.24) is 14.9 Å². The van der Waals surface area contributed by atoms with Crippen molar-refractivity contribution in [1.29, 1.82) is 0 Å². The Labute approximate surface area is 135 Å². The molecular weight excluding hydrogens is 358 g/mol. The van der Waals surface area contributed by atoms with Gasteiger partial charge in [-0.05, 0) is 25.1 Å². The Kier molecular flexibility index (Phi) is 5.14. The van der Waals surface area contributed by atoms with Crippen LogP contribution in [0.2, 0.25) is 5.02 Å². The number of hydrogen-bond acceptors (Lipinski definition) is 3. The average molecular weight is 371 g/mol. The third-order valence-corrected chi connectivity index (χ3v) is 3.65. The summed E-state index contributed by atoms with van der Waals surface area (Å²) in [6.45, 7) is 2.42. The predicted octanol–water partition coefficient (Wildman–Crippen LogP) is 2.40. The van der Waals surface area contributed by atoms with Crippen LogP contribution in [0.1, 0.15) is 16.1 Å². The van der Waals surface area contributed by atoms with E-state index in [0.29, 0.717) is 29.4 Å². The van der Waals surface area contributed by atoms with Crippen LogP contribution in [0.3, 0.4) is 0 Å². The van der Waals surface area contributed by atoms with Gasteiger partial charge in [-0.2, -0.15) is 0 Å². The first-order valence-electron chi connectivity index (χ1n) is 6.23. The predicted molar refractivity (Wildman–Crippen MR) is 84.7 cm³/mol. The van der Waals surface area contributed by atoms with Crippen molar-refractivity contribution in [3.63, 3.8) is 0 Å². The highest BCUT2D eigenvalue weighted by molar-refractivity contribution is 9.10. The summed E-state index contributed by atoms with van der Waals surface area (Å²) in [6.07, 6.45) is 1.47. The van der Waals surface area contributed by atoms with Gasteiger partial charge in [0.2, 0.25) is 0 Å². The number of rotatable bonds is 4. The molecule has 2 aromatic rings. The molecule has 0 radical (unpaired) electrons. The Bertz CT molecular complexity index is 730. The Hall–Kier alpha value is -1.66. The fourth-order valence-electron chi connectivity index (χ4n) is 1.74. The summed E-state index contributed by atoms with van der Waals surface area (Å²) in [5.74, 6) is -0.283. The topological polar surface area (TPSA) is 64.0 Å². The molecule has 0 atom stereocenters. The fourth-order valence-corrected chi connectivity index (χ4v) is 2.31. The molecule has 7 heteroatoms. The van der Waals surface area contributed by atoms with Crippen LogP contribution >= 0.6 is 27.5 Å². The largest absolute Gasteiger partial charge is 0.350 e. The first-order valence-corrected chi connectivity index (χ1v) is 7.41. The minimum atomic E-state index is -0.283. The van der Waals surface area contributed by atoms with Crippen LogP contribution in [0.25, 0.3) is 0 Å². The van der Waals surface area contributed by atoms with Gasteiger partial charge in [-0.25, -0.2) is 4.98 Å². The Morgan fingerprint density at radius 1 is 1.43 bits per heavy atom. The van der Waals surface area contributed by atoms with E-state index in [-0.39, 0.29) is 11.5 Å². The lowest BCUT2D eigenvalue weighted by molar-refractivity contribution is 0.0952. The minimum Gasteiger partial charge on any atom is -0.350 e. The van der Waals surface area contributed by atoms with Gasteiger partial charge in [-0.1, -0.05) is 27.5 Å². The van der Waals surface area contributed by atoms with Crippen LogP contribution in [-0.4, -0.2) is 22.0 Å². The van der Waals surface area contributed by atoms with E-state index in [1.807, 2.05) is 0 Å². The van der Waals surface area contributed by atoms with E-state index in [4.69, 9.17) is 11.6 Å². The summed E-state index contributed by atoms with van der Waals surface area (Å²) < 4.78 is 2.21. The Morgan fingerprint density at radius 3 is 2.90 bits per heavy atom. The lowest BCUT2D eigenvalue weighted by Crippen LogP contribution is -2.31. The van der Waals surface area contributed by atoms with E-state index in [9.17, 15) is 9.59 Å². The van der Waals surface area contributed by atoms with E-state index in [1.165, 1.54) is 17.0 Å². The second-order valence-electron chi connectivity index (χ2n) is 4.44. The molecule has 0 saturated carbocycles. The normalized spacial score (nSPS) is 10.4. The molecule has 0 saturated heterocycles. The number of nitrogens with zero attached hydrogens (tertiary/aromatic N) is 2. The molecule has 110 valence electrons. The maximum absolute atomic E-state index is 12.0. The number of halogens is 2. The molecule has 1 heterocycles. The van der Waals surface area contributed by atoms with Crippen molar-refractivity contribution in [2.24, 2.45) is 0 Å². The highest BCUT2D eigenvalue weighted by Gasteiger charge is 2.10.